The van der Waals surface area contributed by atoms with Crippen LogP contribution in [0, 0.1) is 5.92 Å². The third-order valence-electron chi connectivity index (χ3n) is 5.35. The van der Waals surface area contributed by atoms with Crippen molar-refractivity contribution in [2.24, 2.45) is 5.92 Å². The van der Waals surface area contributed by atoms with E-state index in [-0.39, 0.29) is 11.8 Å². The summed E-state index contributed by atoms with van der Waals surface area (Å²) in [6.07, 6.45) is 16.6. The molecule has 0 aromatic carbocycles. The molecule has 0 aromatic heterocycles. The van der Waals surface area contributed by atoms with E-state index in [9.17, 15) is 4.79 Å². The van der Waals surface area contributed by atoms with Gasteiger partial charge in [0.15, 0.2) is 0 Å². The molecule has 0 saturated heterocycles. The van der Waals surface area contributed by atoms with Gasteiger partial charge >= 0.3 is 0 Å². The van der Waals surface area contributed by atoms with Crippen LogP contribution >= 0.6 is 0 Å². The first kappa shape index (κ1) is 20.3. The van der Waals surface area contributed by atoms with Crippen LogP contribution in [0.5, 0.6) is 0 Å². The van der Waals surface area contributed by atoms with E-state index in [0.717, 1.165) is 32.2 Å². The molecule has 0 fully saturated rings. The van der Waals surface area contributed by atoms with Crippen LogP contribution in [0.25, 0.3) is 0 Å². The molecule has 1 aliphatic rings. The molecule has 23 heavy (non-hydrogen) atoms. The molecule has 0 aromatic rings. The molecule has 2 heteroatoms. The van der Waals surface area contributed by atoms with Crippen molar-refractivity contribution < 1.29 is 4.79 Å². The highest BCUT2D eigenvalue weighted by Gasteiger charge is 2.22. The maximum atomic E-state index is 12.2. The zero-order valence-electron chi connectivity index (χ0n) is 15.9. The largest absolute Gasteiger partial charge is 0.356 e. The molecule has 1 N–H and O–H groups in total. The highest BCUT2D eigenvalue weighted by molar-refractivity contribution is 5.79. The molecule has 0 bridgehead atoms. The molecule has 0 aliphatic heterocycles. The molecule has 1 aliphatic carbocycles. The van der Waals surface area contributed by atoms with Crippen molar-refractivity contribution in [2.75, 3.05) is 6.54 Å². The third kappa shape index (κ3) is 9.17. The van der Waals surface area contributed by atoms with Gasteiger partial charge in [-0.1, -0.05) is 75.9 Å². The van der Waals surface area contributed by atoms with Gasteiger partial charge in [-0.15, -0.1) is 0 Å². The normalized spacial score (nSPS) is 18.3. The molecule has 0 heterocycles. The van der Waals surface area contributed by atoms with Crippen molar-refractivity contribution in [1.29, 1.82) is 0 Å². The van der Waals surface area contributed by atoms with Gasteiger partial charge in [0.05, 0.1) is 0 Å². The van der Waals surface area contributed by atoms with Crippen LogP contribution in [0.1, 0.15) is 104 Å². The van der Waals surface area contributed by atoms with Crippen molar-refractivity contribution >= 4 is 5.91 Å². The first-order valence-electron chi connectivity index (χ1n) is 10.1. The van der Waals surface area contributed by atoms with Crippen LogP contribution in [0.4, 0.5) is 0 Å². The molecule has 0 spiro atoms. The zero-order chi connectivity index (χ0) is 16.9. The number of hydrogen-bond donors (Lipinski definition) is 1. The minimum atomic E-state index is 0.224. The van der Waals surface area contributed by atoms with Gasteiger partial charge in [0, 0.05) is 12.5 Å². The van der Waals surface area contributed by atoms with E-state index in [1.165, 1.54) is 68.9 Å². The fraction of sp³-hybridized carbons (Fsp3) is 0.857. The Morgan fingerprint density at radius 1 is 0.913 bits per heavy atom. The van der Waals surface area contributed by atoms with Gasteiger partial charge in [0.1, 0.15) is 0 Å². The van der Waals surface area contributed by atoms with E-state index in [1.807, 2.05) is 0 Å². The Morgan fingerprint density at radius 3 is 2.04 bits per heavy atom. The van der Waals surface area contributed by atoms with E-state index in [4.69, 9.17) is 0 Å². The molecule has 1 unspecified atom stereocenters. The second kappa shape index (κ2) is 12.6. The number of rotatable bonds is 12. The van der Waals surface area contributed by atoms with Crippen LogP contribution < -0.4 is 5.32 Å². The first-order chi connectivity index (χ1) is 11.1. The Kier molecular flexibility index (Phi) is 11.1. The van der Waals surface area contributed by atoms with Crippen LogP contribution in [-0.4, -0.2) is 12.5 Å². The predicted molar refractivity (Wildman–Crippen MR) is 101 cm³/mol. The van der Waals surface area contributed by atoms with Crippen LogP contribution in [0.3, 0.4) is 0 Å². The summed E-state index contributed by atoms with van der Waals surface area (Å²) in [4.78, 5) is 12.2. The van der Waals surface area contributed by atoms with E-state index in [1.54, 1.807) is 0 Å². The number of hydrogen-bond acceptors (Lipinski definition) is 1. The van der Waals surface area contributed by atoms with Gasteiger partial charge in [-0.2, -0.15) is 0 Å². The first-order valence-corrected chi connectivity index (χ1v) is 10.1. The summed E-state index contributed by atoms with van der Waals surface area (Å²) in [5.74, 6) is 0.509. The lowest BCUT2D eigenvalue weighted by atomic mass is 9.84. The van der Waals surface area contributed by atoms with Gasteiger partial charge in [-0.3, -0.25) is 4.79 Å². The van der Waals surface area contributed by atoms with Gasteiger partial charge in [-0.25, -0.2) is 0 Å². The quantitative estimate of drug-likeness (QED) is 0.338. The molecule has 1 rings (SSSR count). The lowest BCUT2D eigenvalue weighted by Crippen LogP contribution is -2.32. The Hall–Kier alpha value is -0.790. The highest BCUT2D eigenvalue weighted by Crippen LogP contribution is 2.28. The summed E-state index contributed by atoms with van der Waals surface area (Å²) in [5.41, 5.74) is 2.92. The van der Waals surface area contributed by atoms with Crippen molar-refractivity contribution in [3.8, 4) is 0 Å². The van der Waals surface area contributed by atoms with Crippen molar-refractivity contribution in [1.82, 2.24) is 5.32 Å². The van der Waals surface area contributed by atoms with E-state index in [0.29, 0.717) is 0 Å². The van der Waals surface area contributed by atoms with E-state index < -0.39 is 0 Å². The summed E-state index contributed by atoms with van der Waals surface area (Å²) in [6.45, 7) is 7.52. The molecule has 2 nitrogen and oxygen atoms in total. The van der Waals surface area contributed by atoms with Gasteiger partial charge in [0.2, 0.25) is 5.91 Å². The maximum Gasteiger partial charge on any atom is 0.223 e. The van der Waals surface area contributed by atoms with Crippen molar-refractivity contribution in [2.45, 2.75) is 104 Å². The summed E-state index contributed by atoms with van der Waals surface area (Å²) < 4.78 is 0. The summed E-state index contributed by atoms with van der Waals surface area (Å²) >= 11 is 0. The molecule has 1 atom stereocenters. The number of nitrogens with one attached hydrogen (secondary N) is 1. The predicted octanol–water partition coefficient (Wildman–Crippen LogP) is 6.16. The van der Waals surface area contributed by atoms with Crippen LogP contribution in [-0.2, 0) is 4.79 Å². The number of amides is 1. The lowest BCUT2D eigenvalue weighted by Gasteiger charge is -2.23. The average molecular weight is 322 g/mol. The van der Waals surface area contributed by atoms with Crippen molar-refractivity contribution in [3.63, 3.8) is 0 Å². The molecule has 0 saturated carbocycles. The smallest absolute Gasteiger partial charge is 0.223 e. The molecule has 0 radical (unpaired) electrons. The number of carbonyl (C=O) groups excluding carboxylic acids is 1. The Labute approximate surface area is 144 Å². The van der Waals surface area contributed by atoms with E-state index >= 15 is 0 Å². The number of carbonyl (C=O) groups is 1. The second-order valence-electron chi connectivity index (χ2n) is 7.47. The summed E-state index contributed by atoms with van der Waals surface area (Å²) in [5, 5.41) is 3.15. The summed E-state index contributed by atoms with van der Waals surface area (Å²) in [7, 11) is 0. The Bertz CT molecular complexity index is 359. The fourth-order valence-corrected chi connectivity index (χ4v) is 3.44. The highest BCUT2D eigenvalue weighted by atomic mass is 16.1. The topological polar surface area (TPSA) is 29.1 Å². The minimum absolute atomic E-state index is 0.224. The minimum Gasteiger partial charge on any atom is -0.356 e. The SMILES string of the molecule is CCCCCCCCCCCCNC(=O)C1CCC(C)=C(C)C1. The molecule has 134 valence electrons. The Balaban J connectivity index is 1.92. The van der Waals surface area contributed by atoms with Gasteiger partial charge < -0.3 is 5.32 Å². The number of allylic oxidation sites excluding steroid dienone is 2. The number of unbranched alkanes of at least 4 members (excludes halogenated alkanes) is 9. The fourth-order valence-electron chi connectivity index (χ4n) is 3.44. The second-order valence-corrected chi connectivity index (χ2v) is 7.47. The van der Waals surface area contributed by atoms with Crippen LogP contribution in [0.15, 0.2) is 11.1 Å². The monoisotopic (exact) mass is 321 g/mol. The van der Waals surface area contributed by atoms with Gasteiger partial charge in [-0.05, 0) is 39.5 Å². The molecule has 1 amide bonds. The third-order valence-corrected chi connectivity index (χ3v) is 5.35. The van der Waals surface area contributed by atoms with Crippen molar-refractivity contribution in [3.05, 3.63) is 11.1 Å². The van der Waals surface area contributed by atoms with E-state index in [2.05, 4.69) is 26.1 Å². The van der Waals surface area contributed by atoms with Crippen LogP contribution in [0.2, 0.25) is 0 Å². The average Bonchev–Trinajstić information content (AvgIpc) is 2.55. The summed E-state index contributed by atoms with van der Waals surface area (Å²) in [6, 6.07) is 0. The molecular weight excluding hydrogens is 282 g/mol. The van der Waals surface area contributed by atoms with Gasteiger partial charge in [0.25, 0.3) is 0 Å². The lowest BCUT2D eigenvalue weighted by molar-refractivity contribution is -0.125. The zero-order valence-corrected chi connectivity index (χ0v) is 15.9. The standard InChI is InChI=1S/C21H39NO/c1-4-5-6-7-8-9-10-11-12-13-16-22-21(23)20-15-14-18(2)19(3)17-20/h20H,4-17H2,1-3H3,(H,22,23). The molecular formula is C21H39NO. The maximum absolute atomic E-state index is 12.2. The Morgan fingerprint density at radius 2 is 1.48 bits per heavy atom.